The Morgan fingerprint density at radius 3 is 2.62 bits per heavy atom. The van der Waals surface area contributed by atoms with Gasteiger partial charge in [0.15, 0.2) is 0 Å². The Morgan fingerprint density at radius 2 is 1.91 bits per heavy atom. The second-order valence-corrected chi connectivity index (χ2v) is 9.41. The van der Waals surface area contributed by atoms with Gasteiger partial charge < -0.3 is 14.2 Å². The quantitative estimate of drug-likeness (QED) is 0.356. The SMILES string of the molecule is CCCCc1cc(=O)oc2nc(O/N=C(\CCC)N3CCN(C4CCCCC4)CC3)[nH]c(=O)c12. The maximum Gasteiger partial charge on any atom is 0.337 e. The van der Waals surface area contributed by atoms with E-state index in [0.29, 0.717) is 17.4 Å². The van der Waals surface area contributed by atoms with Gasteiger partial charge in [-0.2, -0.15) is 4.98 Å². The van der Waals surface area contributed by atoms with Crippen molar-refractivity contribution >= 4 is 16.9 Å². The molecule has 2 aromatic rings. The molecule has 2 fully saturated rings. The molecule has 3 heterocycles. The highest BCUT2D eigenvalue weighted by Gasteiger charge is 2.26. The molecule has 1 saturated heterocycles. The summed E-state index contributed by atoms with van der Waals surface area (Å²) >= 11 is 0. The lowest BCUT2D eigenvalue weighted by Crippen LogP contribution is -2.52. The minimum atomic E-state index is -0.520. The van der Waals surface area contributed by atoms with Crippen LogP contribution in [0.1, 0.15) is 77.2 Å². The number of hydrogen-bond acceptors (Lipinski definition) is 7. The number of nitrogens with one attached hydrogen (secondary N) is 1. The van der Waals surface area contributed by atoms with Crippen LogP contribution in [-0.4, -0.2) is 57.8 Å². The summed E-state index contributed by atoms with van der Waals surface area (Å²) in [5, 5.41) is 4.66. The molecule has 4 rings (SSSR count). The number of rotatable bonds is 8. The number of piperazine rings is 1. The summed E-state index contributed by atoms with van der Waals surface area (Å²) in [4.78, 5) is 42.1. The lowest BCUT2D eigenvalue weighted by molar-refractivity contribution is 0.105. The molecule has 1 saturated carbocycles. The molecule has 186 valence electrons. The van der Waals surface area contributed by atoms with Crippen LogP contribution in [0.2, 0.25) is 0 Å². The Kier molecular flexibility index (Phi) is 8.37. The van der Waals surface area contributed by atoms with E-state index in [1.165, 1.54) is 38.2 Å². The Labute approximate surface area is 200 Å². The number of oxime groups is 1. The maximum absolute atomic E-state index is 12.8. The third kappa shape index (κ3) is 5.87. The average molecular weight is 472 g/mol. The molecule has 0 unspecified atom stereocenters. The highest BCUT2D eigenvalue weighted by molar-refractivity contribution is 5.82. The molecule has 1 aliphatic heterocycles. The highest BCUT2D eigenvalue weighted by Crippen LogP contribution is 2.24. The highest BCUT2D eigenvalue weighted by atomic mass is 16.6. The number of nitrogens with zero attached hydrogens (tertiary/aromatic N) is 4. The predicted octanol–water partition coefficient (Wildman–Crippen LogP) is 3.66. The summed E-state index contributed by atoms with van der Waals surface area (Å²) in [7, 11) is 0. The summed E-state index contributed by atoms with van der Waals surface area (Å²) < 4.78 is 5.21. The van der Waals surface area contributed by atoms with Crippen LogP contribution in [0.4, 0.5) is 0 Å². The first-order valence-electron chi connectivity index (χ1n) is 12.9. The number of fused-ring (bicyclic) bond motifs is 1. The van der Waals surface area contributed by atoms with Crippen molar-refractivity contribution in [3.63, 3.8) is 0 Å². The largest absolute Gasteiger partial charge is 0.403 e. The summed E-state index contributed by atoms with van der Waals surface area (Å²) in [6.07, 6.45) is 10.8. The fourth-order valence-electron chi connectivity index (χ4n) is 5.11. The lowest BCUT2D eigenvalue weighted by Gasteiger charge is -2.41. The summed E-state index contributed by atoms with van der Waals surface area (Å²) in [6, 6.07) is 2.03. The number of unbranched alkanes of at least 4 members (excludes halogenated alkanes) is 1. The molecule has 1 aliphatic carbocycles. The molecule has 0 bridgehead atoms. The monoisotopic (exact) mass is 471 g/mol. The molecule has 0 radical (unpaired) electrons. The maximum atomic E-state index is 12.8. The Bertz CT molecular complexity index is 1090. The van der Waals surface area contributed by atoms with Crippen LogP contribution in [0, 0.1) is 0 Å². The van der Waals surface area contributed by atoms with Crippen molar-refractivity contribution in [2.45, 2.75) is 84.1 Å². The smallest absolute Gasteiger partial charge is 0.337 e. The van der Waals surface area contributed by atoms with E-state index in [1.54, 1.807) is 0 Å². The minimum absolute atomic E-state index is 0.00862. The summed E-state index contributed by atoms with van der Waals surface area (Å²) in [5.41, 5.74) is -0.262. The molecule has 0 spiro atoms. The average Bonchev–Trinajstić information content (AvgIpc) is 2.85. The number of amidine groups is 1. The number of hydrogen-bond donors (Lipinski definition) is 1. The van der Waals surface area contributed by atoms with Gasteiger partial charge in [0, 0.05) is 44.7 Å². The van der Waals surface area contributed by atoms with Gasteiger partial charge in [0.25, 0.3) is 5.56 Å². The second-order valence-electron chi connectivity index (χ2n) is 9.41. The molecule has 1 N–H and O–H groups in total. The van der Waals surface area contributed by atoms with Gasteiger partial charge in [-0.15, -0.1) is 0 Å². The summed E-state index contributed by atoms with van der Waals surface area (Å²) in [6.45, 7) is 8.06. The number of aryl methyl sites for hydroxylation is 1. The third-order valence-electron chi connectivity index (χ3n) is 6.96. The second kappa shape index (κ2) is 11.6. The third-order valence-corrected chi connectivity index (χ3v) is 6.96. The molecule has 0 amide bonds. The van der Waals surface area contributed by atoms with Gasteiger partial charge in [-0.3, -0.25) is 14.7 Å². The molecular formula is C25H37N5O4. The molecule has 2 aliphatic rings. The van der Waals surface area contributed by atoms with Crippen LogP contribution < -0.4 is 16.0 Å². The molecule has 34 heavy (non-hydrogen) atoms. The number of aromatic nitrogens is 2. The van der Waals surface area contributed by atoms with Gasteiger partial charge in [0.05, 0.1) is 0 Å². The zero-order valence-corrected chi connectivity index (χ0v) is 20.5. The van der Waals surface area contributed by atoms with Gasteiger partial charge in [-0.1, -0.05) is 44.7 Å². The first kappa shape index (κ1) is 24.4. The van der Waals surface area contributed by atoms with E-state index >= 15 is 0 Å². The van der Waals surface area contributed by atoms with Crippen molar-refractivity contribution in [1.82, 2.24) is 19.8 Å². The van der Waals surface area contributed by atoms with E-state index in [0.717, 1.165) is 63.7 Å². The lowest BCUT2D eigenvalue weighted by atomic mass is 9.94. The summed E-state index contributed by atoms with van der Waals surface area (Å²) in [5.74, 6) is 0.853. The van der Waals surface area contributed by atoms with Gasteiger partial charge in [-0.25, -0.2) is 4.79 Å². The fourth-order valence-corrected chi connectivity index (χ4v) is 5.11. The van der Waals surface area contributed by atoms with Crippen LogP contribution in [0.15, 0.2) is 25.2 Å². The molecular weight excluding hydrogens is 434 g/mol. The van der Waals surface area contributed by atoms with Crippen molar-refractivity contribution in [2.75, 3.05) is 26.2 Å². The van der Waals surface area contributed by atoms with Crippen molar-refractivity contribution in [1.29, 1.82) is 0 Å². The van der Waals surface area contributed by atoms with Gasteiger partial charge in [0.2, 0.25) is 5.71 Å². The predicted molar refractivity (Wildman–Crippen MR) is 133 cm³/mol. The first-order valence-corrected chi connectivity index (χ1v) is 12.9. The number of H-pyrrole nitrogens is 1. The van der Waals surface area contributed by atoms with Crippen LogP contribution in [0.5, 0.6) is 6.01 Å². The fraction of sp³-hybridized carbons (Fsp3) is 0.680. The van der Waals surface area contributed by atoms with E-state index in [1.807, 2.05) is 0 Å². The van der Waals surface area contributed by atoms with Crippen molar-refractivity contribution in [3.05, 3.63) is 32.4 Å². The van der Waals surface area contributed by atoms with Gasteiger partial charge >= 0.3 is 11.6 Å². The normalized spacial score (nSPS) is 18.5. The molecule has 9 heteroatoms. The first-order chi connectivity index (χ1) is 16.6. The van der Waals surface area contributed by atoms with E-state index in [-0.39, 0.29) is 17.3 Å². The zero-order chi connectivity index (χ0) is 23.9. The Balaban J connectivity index is 1.48. The minimum Gasteiger partial charge on any atom is -0.403 e. The topological polar surface area (TPSA) is 104 Å². The van der Waals surface area contributed by atoms with E-state index in [2.05, 4.69) is 38.8 Å². The van der Waals surface area contributed by atoms with Crippen LogP contribution >= 0.6 is 0 Å². The van der Waals surface area contributed by atoms with Crippen LogP contribution in [-0.2, 0) is 6.42 Å². The zero-order valence-electron chi connectivity index (χ0n) is 20.5. The molecule has 0 atom stereocenters. The molecule has 9 nitrogen and oxygen atoms in total. The van der Waals surface area contributed by atoms with Crippen LogP contribution in [0.3, 0.4) is 0 Å². The van der Waals surface area contributed by atoms with E-state index in [9.17, 15) is 9.59 Å². The Hall–Kier alpha value is -2.68. The van der Waals surface area contributed by atoms with Crippen molar-refractivity contribution < 1.29 is 9.25 Å². The van der Waals surface area contributed by atoms with E-state index < -0.39 is 5.63 Å². The Morgan fingerprint density at radius 1 is 1.15 bits per heavy atom. The van der Waals surface area contributed by atoms with Gasteiger partial charge in [0.1, 0.15) is 11.2 Å². The van der Waals surface area contributed by atoms with Crippen molar-refractivity contribution in [3.8, 4) is 6.01 Å². The van der Waals surface area contributed by atoms with Crippen LogP contribution in [0.25, 0.3) is 11.1 Å². The standard InChI is InChI=1S/C25H37N5O4/c1-3-5-10-18-17-21(31)33-24-22(18)23(32)26-25(27-24)34-28-20(9-4-2)30-15-13-29(14-16-30)19-11-7-6-8-12-19/h17,19H,3-16H2,1-2H3,(H,26,27,32)/b28-20+. The number of aromatic amines is 1. The molecule has 2 aromatic heterocycles. The van der Waals surface area contributed by atoms with Crippen molar-refractivity contribution in [2.24, 2.45) is 5.16 Å². The van der Waals surface area contributed by atoms with Gasteiger partial charge in [-0.05, 0) is 37.7 Å². The molecule has 0 aromatic carbocycles. The van der Waals surface area contributed by atoms with E-state index in [4.69, 9.17) is 9.25 Å².